The largest absolute Gasteiger partial charge is 0.324 e. The SMILES string of the molecule is Cc1ccc(NC(=O)Cn2c(-c3cccc(Cl)c3)nc(C)c(C)c2=O)c(C)c1. The number of aromatic nitrogens is 2. The summed E-state index contributed by atoms with van der Waals surface area (Å²) in [5.41, 5.74) is 4.41. The number of aryl methyl sites for hydroxylation is 3. The number of nitrogens with zero attached hydrogens (tertiary/aromatic N) is 2. The van der Waals surface area contributed by atoms with Gasteiger partial charge in [0.05, 0.1) is 0 Å². The molecule has 144 valence electrons. The summed E-state index contributed by atoms with van der Waals surface area (Å²) >= 11 is 6.11. The van der Waals surface area contributed by atoms with E-state index in [1.165, 1.54) is 4.57 Å². The molecule has 0 atom stereocenters. The van der Waals surface area contributed by atoms with Crippen LogP contribution in [0.25, 0.3) is 11.4 Å². The molecular weight excluding hydrogens is 374 g/mol. The number of benzene rings is 2. The molecular formula is C22H22ClN3O2. The van der Waals surface area contributed by atoms with Crippen molar-refractivity contribution in [2.45, 2.75) is 34.2 Å². The summed E-state index contributed by atoms with van der Waals surface area (Å²) < 4.78 is 1.40. The van der Waals surface area contributed by atoms with Gasteiger partial charge in [-0.3, -0.25) is 14.2 Å². The van der Waals surface area contributed by atoms with Crippen LogP contribution in [0.4, 0.5) is 5.69 Å². The molecule has 0 aliphatic carbocycles. The monoisotopic (exact) mass is 395 g/mol. The van der Waals surface area contributed by atoms with Gasteiger partial charge in [0.25, 0.3) is 5.56 Å². The van der Waals surface area contributed by atoms with Gasteiger partial charge < -0.3 is 5.32 Å². The molecule has 0 saturated heterocycles. The Bertz CT molecular complexity index is 1120. The summed E-state index contributed by atoms with van der Waals surface area (Å²) in [6, 6.07) is 12.9. The van der Waals surface area contributed by atoms with E-state index in [1.807, 2.05) is 38.1 Å². The van der Waals surface area contributed by atoms with Gasteiger partial charge in [-0.2, -0.15) is 0 Å². The lowest BCUT2D eigenvalue weighted by atomic mass is 10.1. The van der Waals surface area contributed by atoms with Crippen LogP contribution >= 0.6 is 11.6 Å². The lowest BCUT2D eigenvalue weighted by Gasteiger charge is -2.15. The summed E-state index contributed by atoms with van der Waals surface area (Å²) in [4.78, 5) is 30.1. The smallest absolute Gasteiger partial charge is 0.257 e. The number of hydrogen-bond acceptors (Lipinski definition) is 3. The molecule has 1 amide bonds. The van der Waals surface area contributed by atoms with Gasteiger partial charge in [0, 0.05) is 27.5 Å². The minimum Gasteiger partial charge on any atom is -0.324 e. The molecule has 3 aromatic rings. The Morgan fingerprint density at radius 3 is 2.54 bits per heavy atom. The second kappa shape index (κ2) is 7.98. The number of amides is 1. The van der Waals surface area contributed by atoms with Crippen LogP contribution in [0, 0.1) is 27.7 Å². The van der Waals surface area contributed by atoms with E-state index < -0.39 is 0 Å². The normalized spacial score (nSPS) is 10.8. The summed E-state index contributed by atoms with van der Waals surface area (Å²) in [7, 11) is 0. The number of carbonyl (C=O) groups excluding carboxylic acids is 1. The van der Waals surface area contributed by atoms with Crippen molar-refractivity contribution >= 4 is 23.2 Å². The van der Waals surface area contributed by atoms with Gasteiger partial charge in [0.15, 0.2) is 0 Å². The molecule has 1 heterocycles. The zero-order valence-electron chi connectivity index (χ0n) is 16.3. The van der Waals surface area contributed by atoms with Crippen molar-refractivity contribution in [2.75, 3.05) is 5.32 Å². The Morgan fingerprint density at radius 2 is 1.86 bits per heavy atom. The summed E-state index contributed by atoms with van der Waals surface area (Å²) in [5, 5.41) is 3.42. The zero-order chi connectivity index (χ0) is 20.4. The Morgan fingerprint density at radius 1 is 1.11 bits per heavy atom. The minimum absolute atomic E-state index is 0.137. The molecule has 5 nitrogen and oxygen atoms in total. The second-order valence-corrected chi connectivity index (χ2v) is 7.35. The highest BCUT2D eigenvalue weighted by atomic mass is 35.5. The molecule has 0 saturated carbocycles. The van der Waals surface area contributed by atoms with Gasteiger partial charge >= 0.3 is 0 Å². The quantitative estimate of drug-likeness (QED) is 0.710. The predicted molar refractivity (Wildman–Crippen MR) is 113 cm³/mol. The van der Waals surface area contributed by atoms with Gasteiger partial charge in [-0.05, 0) is 51.5 Å². The van der Waals surface area contributed by atoms with Gasteiger partial charge in [0.2, 0.25) is 5.91 Å². The van der Waals surface area contributed by atoms with E-state index in [2.05, 4.69) is 10.3 Å². The van der Waals surface area contributed by atoms with Crippen LogP contribution in [0.5, 0.6) is 0 Å². The van der Waals surface area contributed by atoms with Crippen LogP contribution in [0.2, 0.25) is 5.02 Å². The van der Waals surface area contributed by atoms with Crippen LogP contribution in [0.15, 0.2) is 47.3 Å². The van der Waals surface area contributed by atoms with E-state index in [0.29, 0.717) is 27.7 Å². The molecule has 1 aromatic heterocycles. The van der Waals surface area contributed by atoms with Crippen LogP contribution in [0.1, 0.15) is 22.4 Å². The summed E-state index contributed by atoms with van der Waals surface area (Å²) in [6.45, 7) is 7.29. The third kappa shape index (κ3) is 4.15. The molecule has 0 fully saturated rings. The fraction of sp³-hybridized carbons (Fsp3) is 0.227. The van der Waals surface area contributed by atoms with Crippen molar-refractivity contribution in [1.29, 1.82) is 0 Å². The average molecular weight is 396 g/mol. The standard InChI is InChI=1S/C22H22ClN3O2/c1-13-8-9-19(14(2)10-13)25-20(27)12-26-21(17-6-5-7-18(23)11-17)24-16(4)15(3)22(26)28/h5-11H,12H2,1-4H3,(H,25,27). The zero-order valence-corrected chi connectivity index (χ0v) is 17.1. The number of nitrogens with one attached hydrogen (secondary N) is 1. The number of rotatable bonds is 4. The lowest BCUT2D eigenvalue weighted by molar-refractivity contribution is -0.116. The molecule has 0 spiro atoms. The van der Waals surface area contributed by atoms with Gasteiger partial charge in [-0.1, -0.05) is 41.4 Å². The molecule has 6 heteroatoms. The maximum atomic E-state index is 12.9. The lowest BCUT2D eigenvalue weighted by Crippen LogP contribution is -2.31. The summed E-state index contributed by atoms with van der Waals surface area (Å²) in [5.74, 6) is 0.133. The van der Waals surface area contributed by atoms with Crippen molar-refractivity contribution in [2.24, 2.45) is 0 Å². The number of hydrogen-bond donors (Lipinski definition) is 1. The molecule has 0 aliphatic rings. The Labute approximate surface area is 169 Å². The highest BCUT2D eigenvalue weighted by Gasteiger charge is 2.16. The molecule has 28 heavy (non-hydrogen) atoms. The van der Waals surface area contributed by atoms with Crippen molar-refractivity contribution in [3.05, 3.63) is 80.2 Å². The molecule has 0 aliphatic heterocycles. The van der Waals surface area contributed by atoms with E-state index in [0.717, 1.165) is 16.8 Å². The van der Waals surface area contributed by atoms with Gasteiger partial charge in [0.1, 0.15) is 12.4 Å². The maximum absolute atomic E-state index is 12.9. The third-order valence-corrected chi connectivity index (χ3v) is 4.91. The van der Waals surface area contributed by atoms with Crippen molar-refractivity contribution < 1.29 is 4.79 Å². The number of carbonyl (C=O) groups is 1. The van der Waals surface area contributed by atoms with Crippen molar-refractivity contribution in [3.8, 4) is 11.4 Å². The molecule has 0 radical (unpaired) electrons. The Kier molecular flexibility index (Phi) is 5.66. The Hall–Kier alpha value is -2.92. The number of anilines is 1. The third-order valence-electron chi connectivity index (χ3n) is 4.68. The van der Waals surface area contributed by atoms with E-state index in [9.17, 15) is 9.59 Å². The van der Waals surface area contributed by atoms with Crippen LogP contribution in [-0.2, 0) is 11.3 Å². The predicted octanol–water partition coefficient (Wildman–Crippen LogP) is 4.44. The topological polar surface area (TPSA) is 64.0 Å². The maximum Gasteiger partial charge on any atom is 0.257 e. The first-order chi connectivity index (χ1) is 13.3. The van der Waals surface area contributed by atoms with E-state index >= 15 is 0 Å². The first kappa shape index (κ1) is 19.8. The van der Waals surface area contributed by atoms with E-state index in [-0.39, 0.29) is 18.0 Å². The van der Waals surface area contributed by atoms with Crippen LogP contribution < -0.4 is 10.9 Å². The van der Waals surface area contributed by atoms with Gasteiger partial charge in [-0.25, -0.2) is 4.98 Å². The van der Waals surface area contributed by atoms with E-state index in [1.54, 1.807) is 32.0 Å². The van der Waals surface area contributed by atoms with Gasteiger partial charge in [-0.15, -0.1) is 0 Å². The van der Waals surface area contributed by atoms with Crippen LogP contribution in [-0.4, -0.2) is 15.5 Å². The molecule has 0 unspecified atom stereocenters. The molecule has 2 aromatic carbocycles. The molecule has 0 bridgehead atoms. The molecule has 1 N–H and O–H groups in total. The fourth-order valence-electron chi connectivity index (χ4n) is 3.04. The average Bonchev–Trinajstić information content (AvgIpc) is 2.64. The van der Waals surface area contributed by atoms with Crippen LogP contribution in [0.3, 0.4) is 0 Å². The second-order valence-electron chi connectivity index (χ2n) is 6.91. The fourth-order valence-corrected chi connectivity index (χ4v) is 3.23. The Balaban J connectivity index is 2.00. The first-order valence-electron chi connectivity index (χ1n) is 8.97. The number of halogens is 1. The van der Waals surface area contributed by atoms with E-state index in [4.69, 9.17) is 11.6 Å². The highest BCUT2D eigenvalue weighted by Crippen LogP contribution is 2.21. The van der Waals surface area contributed by atoms with Crippen molar-refractivity contribution in [1.82, 2.24) is 9.55 Å². The summed E-state index contributed by atoms with van der Waals surface area (Å²) in [6.07, 6.45) is 0. The minimum atomic E-state index is -0.289. The molecule has 3 rings (SSSR count). The van der Waals surface area contributed by atoms with Crippen molar-refractivity contribution in [3.63, 3.8) is 0 Å². The highest BCUT2D eigenvalue weighted by molar-refractivity contribution is 6.30. The first-order valence-corrected chi connectivity index (χ1v) is 9.35.